The largest absolute Gasteiger partial charge is 0.467 e. The first-order chi connectivity index (χ1) is 15.0. The predicted octanol–water partition coefficient (Wildman–Crippen LogP) is 2.29. The monoisotopic (exact) mass is 439 g/mol. The molecule has 0 unspecified atom stereocenters. The smallest absolute Gasteiger partial charge is 0.352 e. The number of carbonyl (C=O) groups excluding carboxylic acids is 1. The van der Waals surface area contributed by atoms with Crippen molar-refractivity contribution in [2.24, 2.45) is 0 Å². The Balaban J connectivity index is 1.57. The molecule has 5 aromatic rings. The average Bonchev–Trinajstić information content (AvgIpc) is 3.48. The van der Waals surface area contributed by atoms with Crippen molar-refractivity contribution in [1.29, 1.82) is 0 Å². The van der Waals surface area contributed by atoms with Gasteiger partial charge in [0.15, 0.2) is 0 Å². The Morgan fingerprint density at radius 2 is 1.97 bits per heavy atom. The first-order valence-corrected chi connectivity index (χ1v) is 10.1. The molecule has 156 valence electrons. The first kappa shape index (κ1) is 19.0. The second-order valence-electron chi connectivity index (χ2n) is 6.74. The Kier molecular flexibility index (Phi) is 4.51. The van der Waals surface area contributed by atoms with Gasteiger partial charge in [-0.2, -0.15) is 0 Å². The number of halogens is 1. The van der Waals surface area contributed by atoms with Crippen LogP contribution in [0.2, 0.25) is 0 Å². The number of nitrogens with zero attached hydrogens (tertiary/aromatic N) is 4. The molecule has 0 fully saturated rings. The van der Waals surface area contributed by atoms with Gasteiger partial charge in [-0.15, -0.1) is 16.4 Å². The number of fused-ring (bicyclic) bond motifs is 3. The van der Waals surface area contributed by atoms with Gasteiger partial charge in [-0.25, -0.2) is 18.3 Å². The van der Waals surface area contributed by atoms with Crippen molar-refractivity contribution in [3.63, 3.8) is 0 Å². The van der Waals surface area contributed by atoms with Gasteiger partial charge in [-0.05, 0) is 47.8 Å². The van der Waals surface area contributed by atoms with Gasteiger partial charge >= 0.3 is 5.69 Å². The number of aromatic nitrogens is 4. The first-order valence-electron chi connectivity index (χ1n) is 9.18. The van der Waals surface area contributed by atoms with Gasteiger partial charge in [0.2, 0.25) is 11.7 Å². The third-order valence-electron chi connectivity index (χ3n) is 4.70. The fourth-order valence-corrected chi connectivity index (χ4v) is 4.13. The SMILES string of the molecule is O=C(Cn1nc2n(Cc3ccco3)c(=O)c3sccc3n2c1=O)Nc1ccc(F)cc1. The average molecular weight is 439 g/mol. The molecule has 0 saturated carbocycles. The molecule has 0 atom stereocenters. The summed E-state index contributed by atoms with van der Waals surface area (Å²) in [5.41, 5.74) is -0.0447. The third-order valence-corrected chi connectivity index (χ3v) is 5.60. The summed E-state index contributed by atoms with van der Waals surface area (Å²) in [4.78, 5) is 38.5. The maximum atomic E-state index is 13.0. The van der Waals surface area contributed by atoms with E-state index >= 15 is 0 Å². The van der Waals surface area contributed by atoms with E-state index in [1.165, 1.54) is 50.8 Å². The molecule has 0 bridgehead atoms. The van der Waals surface area contributed by atoms with Gasteiger partial charge < -0.3 is 9.73 Å². The van der Waals surface area contributed by atoms with E-state index in [0.29, 0.717) is 21.7 Å². The van der Waals surface area contributed by atoms with Gasteiger partial charge in [0.25, 0.3) is 5.56 Å². The van der Waals surface area contributed by atoms with E-state index in [4.69, 9.17) is 4.42 Å². The highest BCUT2D eigenvalue weighted by Gasteiger charge is 2.20. The lowest BCUT2D eigenvalue weighted by molar-refractivity contribution is -0.117. The summed E-state index contributed by atoms with van der Waals surface area (Å²) < 4.78 is 22.4. The van der Waals surface area contributed by atoms with E-state index in [-0.39, 0.29) is 24.4 Å². The van der Waals surface area contributed by atoms with E-state index in [9.17, 15) is 18.8 Å². The van der Waals surface area contributed by atoms with E-state index in [2.05, 4.69) is 10.4 Å². The van der Waals surface area contributed by atoms with Crippen molar-refractivity contribution in [1.82, 2.24) is 18.7 Å². The summed E-state index contributed by atoms with van der Waals surface area (Å²) in [7, 11) is 0. The van der Waals surface area contributed by atoms with Crippen LogP contribution in [0.15, 0.2) is 68.1 Å². The zero-order chi connectivity index (χ0) is 21.5. The van der Waals surface area contributed by atoms with Crippen LogP contribution < -0.4 is 16.6 Å². The molecule has 0 aliphatic heterocycles. The Bertz CT molecular complexity index is 1530. The van der Waals surface area contributed by atoms with E-state index in [0.717, 1.165) is 4.68 Å². The molecule has 9 nitrogen and oxygen atoms in total. The zero-order valence-electron chi connectivity index (χ0n) is 15.8. The van der Waals surface area contributed by atoms with Gasteiger partial charge in [-0.1, -0.05) is 0 Å². The number of furan rings is 1. The fourth-order valence-electron chi connectivity index (χ4n) is 3.31. The maximum absolute atomic E-state index is 13.0. The van der Waals surface area contributed by atoms with Crippen molar-refractivity contribution < 1.29 is 13.6 Å². The summed E-state index contributed by atoms with van der Waals surface area (Å²) in [6, 6.07) is 10.3. The van der Waals surface area contributed by atoms with Crippen molar-refractivity contribution in [3.05, 3.63) is 86.5 Å². The number of hydrogen-bond donors (Lipinski definition) is 1. The number of anilines is 1. The number of nitrogens with one attached hydrogen (secondary N) is 1. The molecule has 0 radical (unpaired) electrons. The van der Waals surface area contributed by atoms with E-state index in [1.54, 1.807) is 23.6 Å². The Morgan fingerprint density at radius 3 is 2.71 bits per heavy atom. The van der Waals surface area contributed by atoms with E-state index < -0.39 is 17.4 Å². The minimum Gasteiger partial charge on any atom is -0.467 e. The lowest BCUT2D eigenvalue weighted by Crippen LogP contribution is -2.29. The molecular formula is C20H14FN5O4S. The predicted molar refractivity (Wildman–Crippen MR) is 112 cm³/mol. The molecule has 0 aliphatic rings. The molecule has 0 aliphatic carbocycles. The van der Waals surface area contributed by atoms with Gasteiger partial charge in [0.05, 0.1) is 18.3 Å². The standard InChI is InChI=1S/C20H14FN5O4S/c21-12-3-5-13(6-4-12)22-16(27)11-25-20(29)26-15-7-9-31-17(15)18(28)24(19(26)23-25)10-14-2-1-8-30-14/h1-9H,10-11H2,(H,22,27). The summed E-state index contributed by atoms with van der Waals surface area (Å²) in [6.07, 6.45) is 1.49. The van der Waals surface area contributed by atoms with Gasteiger partial charge in [0.1, 0.15) is 22.8 Å². The van der Waals surface area contributed by atoms with Crippen molar-refractivity contribution in [3.8, 4) is 0 Å². The van der Waals surface area contributed by atoms with Crippen LogP contribution in [0.1, 0.15) is 5.76 Å². The summed E-state index contributed by atoms with van der Waals surface area (Å²) in [5.74, 6) is -0.315. The Morgan fingerprint density at radius 1 is 1.16 bits per heavy atom. The van der Waals surface area contributed by atoms with Crippen LogP contribution in [0.25, 0.3) is 16.0 Å². The quantitative estimate of drug-likeness (QED) is 0.453. The van der Waals surface area contributed by atoms with Crippen LogP contribution in [0.3, 0.4) is 0 Å². The minimum atomic E-state index is -0.555. The molecule has 1 aromatic carbocycles. The second kappa shape index (κ2) is 7.36. The molecule has 1 N–H and O–H groups in total. The van der Waals surface area contributed by atoms with Crippen molar-refractivity contribution >= 4 is 38.9 Å². The highest BCUT2D eigenvalue weighted by Crippen LogP contribution is 2.18. The van der Waals surface area contributed by atoms with Crippen LogP contribution in [-0.4, -0.2) is 24.7 Å². The lowest BCUT2D eigenvalue weighted by atomic mass is 10.3. The molecule has 31 heavy (non-hydrogen) atoms. The molecule has 11 heteroatoms. The molecule has 4 aromatic heterocycles. The fraction of sp³-hybridized carbons (Fsp3) is 0.100. The van der Waals surface area contributed by atoms with Crippen LogP contribution in [0.4, 0.5) is 10.1 Å². The number of benzene rings is 1. The van der Waals surface area contributed by atoms with Crippen LogP contribution in [0.5, 0.6) is 0 Å². The maximum Gasteiger partial charge on any atom is 0.352 e. The number of amides is 1. The molecule has 5 rings (SSSR count). The van der Waals surface area contributed by atoms with Crippen LogP contribution in [-0.2, 0) is 17.9 Å². The Hall–Kier alpha value is -3.99. The summed E-state index contributed by atoms with van der Waals surface area (Å²) in [5, 5.41) is 8.55. The zero-order valence-corrected chi connectivity index (χ0v) is 16.6. The number of thiophene rings is 1. The Labute approximate surface area is 176 Å². The topological polar surface area (TPSA) is 104 Å². The summed E-state index contributed by atoms with van der Waals surface area (Å²) in [6.45, 7) is -0.292. The molecule has 0 saturated heterocycles. The number of hydrogen-bond acceptors (Lipinski definition) is 6. The number of carbonyl (C=O) groups is 1. The van der Waals surface area contributed by atoms with E-state index in [1.807, 2.05) is 0 Å². The van der Waals surface area contributed by atoms with Gasteiger partial charge in [-0.3, -0.25) is 14.2 Å². The van der Waals surface area contributed by atoms with Crippen LogP contribution in [0, 0.1) is 5.82 Å². The third kappa shape index (κ3) is 3.34. The van der Waals surface area contributed by atoms with Crippen LogP contribution >= 0.6 is 11.3 Å². The second-order valence-corrected chi connectivity index (χ2v) is 7.65. The van der Waals surface area contributed by atoms with Crippen molar-refractivity contribution in [2.45, 2.75) is 13.1 Å². The minimum absolute atomic E-state index is 0.0847. The number of rotatable bonds is 5. The molecule has 1 amide bonds. The highest BCUT2D eigenvalue weighted by atomic mass is 32.1. The lowest BCUT2D eigenvalue weighted by Gasteiger charge is -2.05. The molecule has 0 spiro atoms. The highest BCUT2D eigenvalue weighted by molar-refractivity contribution is 7.17. The normalized spacial score (nSPS) is 11.4. The molecular weight excluding hydrogens is 425 g/mol. The molecule has 4 heterocycles. The van der Waals surface area contributed by atoms with Gasteiger partial charge in [0, 0.05) is 5.69 Å². The van der Waals surface area contributed by atoms with Crippen molar-refractivity contribution in [2.75, 3.05) is 5.32 Å². The summed E-state index contributed by atoms with van der Waals surface area (Å²) >= 11 is 1.22.